The summed E-state index contributed by atoms with van der Waals surface area (Å²) in [4.78, 5) is 20.3. The van der Waals surface area contributed by atoms with Crippen LogP contribution in [0.25, 0.3) is 0 Å². The highest BCUT2D eigenvalue weighted by Crippen LogP contribution is 2.32. The number of carbonyl (C=O) groups excluding carboxylic acids is 1. The maximum Gasteiger partial charge on any atom is 0.256 e. The zero-order valence-electron chi connectivity index (χ0n) is 16.1. The molecule has 0 unspecified atom stereocenters. The molecule has 142 valence electrons. The minimum atomic E-state index is 0.206. The molecule has 4 fully saturated rings. The number of nitrogens with zero attached hydrogens (tertiary/aromatic N) is 3. The molecule has 2 atom stereocenters. The van der Waals surface area contributed by atoms with E-state index < -0.39 is 0 Å². The van der Waals surface area contributed by atoms with Crippen LogP contribution in [-0.2, 0) is 4.74 Å². The topological polar surface area (TPSA) is 36.0 Å². The fraction of sp³-hybridized carbons (Fsp3) is 0.667. The zero-order chi connectivity index (χ0) is 18.1. The number of anilines is 1. The predicted octanol–water partition coefficient (Wildman–Crippen LogP) is 2.47. The number of rotatable bonds is 3. The van der Waals surface area contributed by atoms with Gasteiger partial charge in [-0.15, -0.1) is 0 Å². The second-order valence-corrected chi connectivity index (χ2v) is 8.26. The molecule has 0 saturated carbocycles. The summed E-state index contributed by atoms with van der Waals surface area (Å²) in [5, 5.41) is 0. The highest BCUT2D eigenvalue weighted by atomic mass is 16.5. The lowest BCUT2D eigenvalue weighted by Crippen LogP contribution is -2.48. The van der Waals surface area contributed by atoms with E-state index in [4.69, 9.17) is 4.74 Å². The molecule has 0 aromatic heterocycles. The number of ether oxygens (including phenoxy) is 1. The normalized spacial score (nSPS) is 27.4. The first-order valence-corrected chi connectivity index (χ1v) is 10.0. The van der Waals surface area contributed by atoms with E-state index in [1.54, 1.807) is 0 Å². The molecule has 0 aliphatic carbocycles. The Balaban J connectivity index is 1.54. The van der Waals surface area contributed by atoms with Crippen LogP contribution in [0.1, 0.15) is 36.0 Å². The maximum atomic E-state index is 13.4. The molecule has 0 spiro atoms. The van der Waals surface area contributed by atoms with Crippen molar-refractivity contribution in [2.75, 3.05) is 51.8 Å². The summed E-state index contributed by atoms with van der Waals surface area (Å²) in [6.45, 7) is 4.84. The van der Waals surface area contributed by atoms with E-state index in [1.165, 1.54) is 6.42 Å². The first-order chi connectivity index (χ1) is 12.6. The van der Waals surface area contributed by atoms with Crippen molar-refractivity contribution >= 4 is 11.6 Å². The largest absolute Gasteiger partial charge is 0.381 e. The Morgan fingerprint density at radius 2 is 1.77 bits per heavy atom. The van der Waals surface area contributed by atoms with Gasteiger partial charge in [-0.05, 0) is 43.7 Å². The predicted molar refractivity (Wildman–Crippen MR) is 104 cm³/mol. The number of benzene rings is 1. The van der Waals surface area contributed by atoms with Gasteiger partial charge in [-0.25, -0.2) is 0 Å². The molecule has 1 aromatic rings. The average molecular weight is 357 g/mol. The van der Waals surface area contributed by atoms with E-state index >= 15 is 0 Å². The molecule has 5 nitrogen and oxygen atoms in total. The second kappa shape index (κ2) is 7.57. The summed E-state index contributed by atoms with van der Waals surface area (Å²) in [5.41, 5.74) is 1.85. The molecule has 5 heteroatoms. The van der Waals surface area contributed by atoms with Crippen LogP contribution >= 0.6 is 0 Å². The lowest BCUT2D eigenvalue weighted by Gasteiger charge is -2.37. The fourth-order valence-electron chi connectivity index (χ4n) is 4.91. The fourth-order valence-corrected chi connectivity index (χ4v) is 4.91. The highest BCUT2D eigenvalue weighted by Gasteiger charge is 2.39. The third-order valence-electron chi connectivity index (χ3n) is 6.33. The van der Waals surface area contributed by atoms with Gasteiger partial charge in [-0.2, -0.15) is 0 Å². The van der Waals surface area contributed by atoms with E-state index in [2.05, 4.69) is 9.80 Å². The number of carbonyl (C=O) groups is 1. The number of hydrogen-bond acceptors (Lipinski definition) is 4. The molecule has 0 radical (unpaired) electrons. The first kappa shape index (κ1) is 17.8. The summed E-state index contributed by atoms with van der Waals surface area (Å²) in [5.74, 6) is 0.810. The lowest BCUT2D eigenvalue weighted by molar-refractivity contribution is 0.0304. The van der Waals surface area contributed by atoms with Gasteiger partial charge in [-0.1, -0.05) is 12.1 Å². The molecular weight excluding hydrogens is 326 g/mol. The Morgan fingerprint density at radius 3 is 2.54 bits per heavy atom. The number of para-hydroxylation sites is 1. The van der Waals surface area contributed by atoms with Crippen molar-refractivity contribution in [3.05, 3.63) is 29.8 Å². The van der Waals surface area contributed by atoms with Crippen molar-refractivity contribution in [3.8, 4) is 0 Å². The van der Waals surface area contributed by atoms with E-state index in [9.17, 15) is 4.79 Å². The smallest absolute Gasteiger partial charge is 0.256 e. The molecule has 1 aromatic carbocycles. The summed E-state index contributed by atoms with van der Waals surface area (Å²) in [7, 11) is 4.02. The summed E-state index contributed by atoms with van der Waals surface area (Å²) < 4.78 is 5.55. The van der Waals surface area contributed by atoms with Gasteiger partial charge in [0.25, 0.3) is 5.91 Å². The Kier molecular flexibility index (Phi) is 5.18. The highest BCUT2D eigenvalue weighted by molar-refractivity contribution is 6.00. The van der Waals surface area contributed by atoms with E-state index in [-0.39, 0.29) is 5.91 Å². The quantitative estimate of drug-likeness (QED) is 0.833. The van der Waals surface area contributed by atoms with Gasteiger partial charge in [-0.3, -0.25) is 9.69 Å². The van der Waals surface area contributed by atoms with Gasteiger partial charge in [0.15, 0.2) is 0 Å². The SMILES string of the molecule is CN(C)c1ccccc1C(=O)N1C[C@H]2CC[C@@H]1CN(C1CCOCC1)C2. The monoisotopic (exact) mass is 357 g/mol. The van der Waals surface area contributed by atoms with Crippen LogP contribution in [0.5, 0.6) is 0 Å². The van der Waals surface area contributed by atoms with Gasteiger partial charge in [0.2, 0.25) is 0 Å². The van der Waals surface area contributed by atoms with Gasteiger partial charge >= 0.3 is 0 Å². The van der Waals surface area contributed by atoms with Crippen LogP contribution in [-0.4, -0.2) is 74.7 Å². The van der Waals surface area contributed by atoms with E-state index in [1.807, 2.05) is 43.3 Å². The van der Waals surface area contributed by atoms with Crippen LogP contribution in [0, 0.1) is 5.92 Å². The zero-order valence-corrected chi connectivity index (χ0v) is 16.1. The molecule has 26 heavy (non-hydrogen) atoms. The number of hydrogen-bond donors (Lipinski definition) is 0. The molecule has 4 heterocycles. The number of fused-ring (bicyclic) bond motifs is 4. The van der Waals surface area contributed by atoms with Crippen LogP contribution in [0.3, 0.4) is 0 Å². The van der Waals surface area contributed by atoms with Crippen molar-refractivity contribution in [2.45, 2.75) is 37.8 Å². The first-order valence-electron chi connectivity index (χ1n) is 10.0. The molecule has 4 aliphatic rings. The van der Waals surface area contributed by atoms with E-state index in [0.29, 0.717) is 18.0 Å². The van der Waals surface area contributed by atoms with Gasteiger partial charge in [0.05, 0.1) is 5.56 Å². The molecular formula is C21H31N3O2. The van der Waals surface area contributed by atoms with Crippen molar-refractivity contribution in [3.63, 3.8) is 0 Å². The third-order valence-corrected chi connectivity index (χ3v) is 6.33. The standard InChI is InChI=1S/C21H31N3O2/c1-22(2)20-6-4-3-5-19(20)21(25)24-14-16-7-8-18(24)15-23(13-16)17-9-11-26-12-10-17/h3-6,16-18H,7-15H2,1-2H3/t16-,18+/m0/s1. The van der Waals surface area contributed by atoms with Crippen LogP contribution in [0.4, 0.5) is 5.69 Å². The second-order valence-electron chi connectivity index (χ2n) is 8.26. The lowest BCUT2D eigenvalue weighted by atomic mass is 9.94. The summed E-state index contributed by atoms with van der Waals surface area (Å²) >= 11 is 0. The van der Waals surface area contributed by atoms with Crippen molar-refractivity contribution in [1.29, 1.82) is 0 Å². The Bertz CT molecular complexity index is 642. The van der Waals surface area contributed by atoms with Crippen LogP contribution in [0.15, 0.2) is 24.3 Å². The minimum absolute atomic E-state index is 0.206. The molecule has 2 bridgehead atoms. The number of amides is 1. The summed E-state index contributed by atoms with van der Waals surface area (Å²) in [6.07, 6.45) is 4.66. The Morgan fingerprint density at radius 1 is 1.00 bits per heavy atom. The summed E-state index contributed by atoms with van der Waals surface area (Å²) in [6, 6.07) is 8.98. The molecule has 4 aliphatic heterocycles. The Labute approximate surface area is 156 Å². The maximum absolute atomic E-state index is 13.4. The number of piperidine rings is 1. The molecule has 0 N–H and O–H groups in total. The van der Waals surface area contributed by atoms with E-state index in [0.717, 1.165) is 63.4 Å². The van der Waals surface area contributed by atoms with Crippen molar-refractivity contribution in [2.24, 2.45) is 5.92 Å². The van der Waals surface area contributed by atoms with Crippen molar-refractivity contribution in [1.82, 2.24) is 9.80 Å². The Hall–Kier alpha value is -1.59. The van der Waals surface area contributed by atoms with Gasteiger partial charge < -0.3 is 14.5 Å². The minimum Gasteiger partial charge on any atom is -0.381 e. The molecule has 4 saturated heterocycles. The van der Waals surface area contributed by atoms with Crippen molar-refractivity contribution < 1.29 is 9.53 Å². The molecule has 5 rings (SSSR count). The van der Waals surface area contributed by atoms with Crippen LogP contribution in [0.2, 0.25) is 0 Å². The third kappa shape index (κ3) is 3.47. The van der Waals surface area contributed by atoms with Gasteiger partial charge in [0.1, 0.15) is 0 Å². The van der Waals surface area contributed by atoms with Crippen LogP contribution < -0.4 is 4.90 Å². The molecule has 1 amide bonds. The average Bonchev–Trinajstić information content (AvgIpc) is 3.00. The van der Waals surface area contributed by atoms with Gasteiger partial charge in [0, 0.05) is 64.7 Å².